The number of pyridine rings is 1. The first-order valence-corrected chi connectivity index (χ1v) is 12.1. The molecule has 1 fully saturated rings. The number of rotatable bonds is 3. The Morgan fingerprint density at radius 3 is 2.79 bits per heavy atom. The Balaban J connectivity index is 1.71. The second-order valence-electron chi connectivity index (χ2n) is 8.19. The molecule has 2 aliphatic heterocycles. The van der Waals surface area contributed by atoms with Crippen LogP contribution in [0.15, 0.2) is 40.7 Å². The summed E-state index contributed by atoms with van der Waals surface area (Å²) < 4.78 is 29.7. The van der Waals surface area contributed by atoms with Crippen molar-refractivity contribution in [3.63, 3.8) is 0 Å². The van der Waals surface area contributed by atoms with Crippen LogP contribution in [0.25, 0.3) is 22.2 Å². The molecule has 7 nitrogen and oxygen atoms in total. The maximum atomic E-state index is 14.7. The summed E-state index contributed by atoms with van der Waals surface area (Å²) in [5.74, 6) is -0.722. The molecule has 1 amide bonds. The lowest BCUT2D eigenvalue weighted by Crippen LogP contribution is -2.54. The largest absolute Gasteiger partial charge is 0.350 e. The van der Waals surface area contributed by atoms with Crippen LogP contribution in [-0.2, 0) is 11.3 Å². The molecule has 0 N–H and O–H groups in total. The van der Waals surface area contributed by atoms with Crippen LogP contribution in [0.3, 0.4) is 0 Å². The van der Waals surface area contributed by atoms with Gasteiger partial charge in [-0.3, -0.25) is 14.3 Å². The average Bonchev–Trinajstić information content (AvgIpc) is 2.81. The van der Waals surface area contributed by atoms with E-state index in [4.69, 9.17) is 11.6 Å². The fourth-order valence-corrected chi connectivity index (χ4v) is 6.12. The summed E-state index contributed by atoms with van der Waals surface area (Å²) in [6, 6.07) is 2.32. The first kappa shape index (κ1) is 22.8. The number of aryl methyl sites for hydroxylation is 1. The lowest BCUT2D eigenvalue weighted by molar-refractivity contribution is -0.126. The molecule has 0 unspecified atom stereocenters. The van der Waals surface area contributed by atoms with Crippen molar-refractivity contribution >= 4 is 46.0 Å². The third-order valence-electron chi connectivity index (χ3n) is 6.14. The molecule has 3 aromatic rings. The van der Waals surface area contributed by atoms with Crippen molar-refractivity contribution in [2.45, 2.75) is 24.4 Å². The number of nitrogens with zero attached hydrogens (tertiary/aromatic N) is 5. The van der Waals surface area contributed by atoms with Crippen LogP contribution in [0.5, 0.6) is 0 Å². The third kappa shape index (κ3) is 3.65. The van der Waals surface area contributed by atoms with Crippen molar-refractivity contribution < 1.29 is 13.6 Å². The number of carbonyl (C=O) groups excluding carboxylic acids is 1. The Morgan fingerprint density at radius 2 is 2.09 bits per heavy atom. The van der Waals surface area contributed by atoms with Gasteiger partial charge in [0, 0.05) is 59.9 Å². The first-order valence-electron chi connectivity index (χ1n) is 10.7. The van der Waals surface area contributed by atoms with Crippen LogP contribution in [0, 0.1) is 11.6 Å². The van der Waals surface area contributed by atoms with Gasteiger partial charge in [0.2, 0.25) is 5.91 Å². The van der Waals surface area contributed by atoms with Crippen molar-refractivity contribution in [1.82, 2.24) is 19.4 Å². The van der Waals surface area contributed by atoms with Gasteiger partial charge >= 0.3 is 5.69 Å². The molecule has 0 saturated carbocycles. The lowest BCUT2D eigenvalue weighted by Gasteiger charge is -2.40. The topological polar surface area (TPSA) is 71.3 Å². The Kier molecular flexibility index (Phi) is 5.81. The van der Waals surface area contributed by atoms with E-state index < -0.39 is 17.3 Å². The highest BCUT2D eigenvalue weighted by Gasteiger charge is 2.31. The fraction of sp³-hybridized carbons (Fsp3) is 0.304. The van der Waals surface area contributed by atoms with Gasteiger partial charge in [-0.2, -0.15) is 4.98 Å². The zero-order valence-corrected chi connectivity index (χ0v) is 19.8. The van der Waals surface area contributed by atoms with Crippen LogP contribution in [-0.4, -0.2) is 56.8 Å². The number of hydrogen-bond acceptors (Lipinski definition) is 6. The molecule has 1 saturated heterocycles. The summed E-state index contributed by atoms with van der Waals surface area (Å²) in [6.07, 6.45) is 2.23. The maximum Gasteiger partial charge on any atom is 0.350 e. The number of carbonyl (C=O) groups is 1. The van der Waals surface area contributed by atoms with Crippen molar-refractivity contribution in [3.8, 4) is 11.3 Å². The molecule has 0 bridgehead atoms. The van der Waals surface area contributed by atoms with Crippen molar-refractivity contribution in [1.29, 1.82) is 0 Å². The first-order chi connectivity index (χ1) is 16.3. The van der Waals surface area contributed by atoms with E-state index in [-0.39, 0.29) is 22.7 Å². The number of aromatic nitrogens is 3. The fourth-order valence-electron chi connectivity index (χ4n) is 4.59. The minimum Gasteiger partial charge on any atom is -0.350 e. The number of halogens is 3. The van der Waals surface area contributed by atoms with Crippen LogP contribution in [0.2, 0.25) is 5.02 Å². The minimum absolute atomic E-state index is 0.0695. The molecule has 0 spiro atoms. The third-order valence-corrected chi connectivity index (χ3v) is 7.51. The van der Waals surface area contributed by atoms with Gasteiger partial charge in [-0.1, -0.05) is 18.2 Å². The molecule has 0 radical (unpaired) electrons. The van der Waals surface area contributed by atoms with Gasteiger partial charge in [-0.25, -0.2) is 13.6 Å². The Hall–Kier alpha value is -2.98. The van der Waals surface area contributed by atoms with Gasteiger partial charge in [0.25, 0.3) is 0 Å². The van der Waals surface area contributed by atoms with Gasteiger partial charge in [0.15, 0.2) is 5.82 Å². The minimum atomic E-state index is -0.830. The van der Waals surface area contributed by atoms with E-state index in [1.807, 2.05) is 11.8 Å². The van der Waals surface area contributed by atoms with Gasteiger partial charge in [0.1, 0.15) is 17.3 Å². The lowest BCUT2D eigenvalue weighted by atomic mass is 10.1. The maximum absolute atomic E-state index is 14.7. The number of amides is 1. The van der Waals surface area contributed by atoms with Gasteiger partial charge in [-0.05, 0) is 19.1 Å². The van der Waals surface area contributed by atoms with E-state index in [1.54, 1.807) is 15.5 Å². The molecular formula is C23H20ClF2N5O2S. The Morgan fingerprint density at radius 1 is 1.29 bits per heavy atom. The highest BCUT2D eigenvalue weighted by molar-refractivity contribution is 7.99. The number of thioether (sulfide) groups is 1. The standard InChI is InChI=1S/C23H20ClF2N5O2S/c1-3-17(32)29-4-5-30(12(2)11-29)22-14-9-15(24)18(19-16(26)8-13(25)10-27-19)21-20(14)31(6-7-34-21)23(33)28-22/h3,8-10,12H,1,4-7,11H2,2H3/t12-/m0/s1. The zero-order valence-electron chi connectivity index (χ0n) is 18.2. The van der Waals surface area contributed by atoms with Gasteiger partial charge in [0.05, 0.1) is 16.7 Å². The van der Waals surface area contributed by atoms with Gasteiger partial charge in [-0.15, -0.1) is 11.8 Å². The van der Waals surface area contributed by atoms with Crippen molar-refractivity contribution in [3.05, 3.63) is 58.1 Å². The molecule has 1 aromatic carbocycles. The second-order valence-corrected chi connectivity index (χ2v) is 9.70. The highest BCUT2D eigenvalue weighted by atomic mass is 35.5. The van der Waals surface area contributed by atoms with Crippen LogP contribution in [0.4, 0.5) is 14.6 Å². The molecule has 1 atom stereocenters. The van der Waals surface area contributed by atoms with Crippen molar-refractivity contribution in [2.75, 3.05) is 30.3 Å². The second kappa shape index (κ2) is 8.66. The van der Waals surface area contributed by atoms with Crippen LogP contribution in [0.1, 0.15) is 6.92 Å². The number of piperazine rings is 1. The van der Waals surface area contributed by atoms with E-state index >= 15 is 0 Å². The number of anilines is 1. The summed E-state index contributed by atoms with van der Waals surface area (Å²) in [5.41, 5.74) is 0.450. The SMILES string of the molecule is C=CC(=O)N1CCN(c2nc(=O)n3c4c(c(-c5ncc(F)cc5F)c(Cl)cc24)SCC3)[C@@H](C)C1. The molecule has 11 heteroatoms. The van der Waals surface area contributed by atoms with Crippen molar-refractivity contribution in [2.24, 2.45) is 0 Å². The average molecular weight is 504 g/mol. The molecule has 34 heavy (non-hydrogen) atoms. The molecule has 2 aromatic heterocycles. The summed E-state index contributed by atoms with van der Waals surface area (Å²) in [7, 11) is 0. The van der Waals surface area contributed by atoms with E-state index in [9.17, 15) is 18.4 Å². The monoisotopic (exact) mass is 503 g/mol. The molecule has 0 aliphatic carbocycles. The van der Waals surface area contributed by atoms with E-state index in [0.29, 0.717) is 59.1 Å². The van der Waals surface area contributed by atoms with E-state index in [1.165, 1.54) is 17.8 Å². The predicted molar refractivity (Wildman–Crippen MR) is 128 cm³/mol. The molecule has 4 heterocycles. The highest BCUT2D eigenvalue weighted by Crippen LogP contribution is 2.45. The normalized spacial score (nSPS) is 17.8. The quantitative estimate of drug-likeness (QED) is 0.507. The number of hydrogen-bond donors (Lipinski definition) is 0. The summed E-state index contributed by atoms with van der Waals surface area (Å²) in [6.45, 7) is 7.33. The van der Waals surface area contributed by atoms with E-state index in [0.717, 1.165) is 12.3 Å². The Bertz CT molecular complexity index is 1410. The van der Waals surface area contributed by atoms with E-state index in [2.05, 4.69) is 16.5 Å². The Labute approximate surface area is 203 Å². The summed E-state index contributed by atoms with van der Waals surface area (Å²) in [5, 5.41) is 0.893. The van der Waals surface area contributed by atoms with Crippen LogP contribution >= 0.6 is 23.4 Å². The zero-order chi connectivity index (χ0) is 24.1. The molecule has 5 rings (SSSR count). The molecule has 176 valence electrons. The number of benzene rings is 1. The summed E-state index contributed by atoms with van der Waals surface area (Å²) >= 11 is 8.12. The van der Waals surface area contributed by atoms with Gasteiger partial charge < -0.3 is 9.80 Å². The molecular weight excluding hydrogens is 484 g/mol. The van der Waals surface area contributed by atoms with Crippen LogP contribution < -0.4 is 10.6 Å². The summed E-state index contributed by atoms with van der Waals surface area (Å²) in [4.78, 5) is 37.8. The predicted octanol–water partition coefficient (Wildman–Crippen LogP) is 3.72. The smallest absolute Gasteiger partial charge is 0.350 e. The molecule has 2 aliphatic rings.